The average molecular weight is 388 g/mol. The Balaban J connectivity index is 1.78. The molecule has 1 aliphatic heterocycles. The molecule has 1 aliphatic rings. The lowest BCUT2D eigenvalue weighted by Crippen LogP contribution is -2.39. The van der Waals surface area contributed by atoms with Crippen molar-refractivity contribution >= 4 is 21.6 Å². The van der Waals surface area contributed by atoms with E-state index in [1.807, 2.05) is 0 Å². The molecule has 1 N–H and O–H groups in total. The van der Waals surface area contributed by atoms with Crippen molar-refractivity contribution in [2.75, 3.05) is 25.5 Å². The maximum absolute atomic E-state index is 12.9. The Hall–Kier alpha value is -2.38. The summed E-state index contributed by atoms with van der Waals surface area (Å²) in [5, 5.41) is 2.77. The molecule has 2 aromatic rings. The first-order valence-electron chi connectivity index (χ1n) is 8.96. The largest absolute Gasteiger partial charge is 0.497 e. The van der Waals surface area contributed by atoms with Gasteiger partial charge in [-0.2, -0.15) is 4.31 Å². The van der Waals surface area contributed by atoms with E-state index in [4.69, 9.17) is 4.74 Å². The van der Waals surface area contributed by atoms with Crippen LogP contribution in [0.15, 0.2) is 53.4 Å². The molecule has 2 aromatic carbocycles. The highest BCUT2D eigenvalue weighted by Crippen LogP contribution is 2.24. The van der Waals surface area contributed by atoms with E-state index >= 15 is 0 Å². The van der Waals surface area contributed by atoms with E-state index in [1.165, 1.54) is 10.4 Å². The highest BCUT2D eigenvalue weighted by atomic mass is 32.2. The van der Waals surface area contributed by atoms with E-state index in [-0.39, 0.29) is 10.8 Å². The molecular formula is C20H24N2O4S. The van der Waals surface area contributed by atoms with E-state index in [9.17, 15) is 13.2 Å². The molecule has 0 bridgehead atoms. The highest BCUT2D eigenvalue weighted by Gasteiger charge is 2.29. The first kappa shape index (κ1) is 19.4. The van der Waals surface area contributed by atoms with Gasteiger partial charge in [0.25, 0.3) is 5.91 Å². The molecule has 1 unspecified atom stereocenters. The zero-order valence-corrected chi connectivity index (χ0v) is 16.3. The number of hydrogen-bond donors (Lipinski definition) is 1. The van der Waals surface area contributed by atoms with Crippen LogP contribution in [-0.4, -0.2) is 38.8 Å². The summed E-state index contributed by atoms with van der Waals surface area (Å²) < 4.78 is 32.4. The van der Waals surface area contributed by atoms with Crippen LogP contribution in [0.4, 0.5) is 5.69 Å². The van der Waals surface area contributed by atoms with E-state index < -0.39 is 10.0 Å². The van der Waals surface area contributed by atoms with Crippen molar-refractivity contribution in [1.82, 2.24) is 4.31 Å². The van der Waals surface area contributed by atoms with Gasteiger partial charge in [-0.1, -0.05) is 13.0 Å². The molecule has 1 fully saturated rings. The Morgan fingerprint density at radius 1 is 1.19 bits per heavy atom. The minimum Gasteiger partial charge on any atom is -0.497 e. The maximum Gasteiger partial charge on any atom is 0.255 e. The number of nitrogens with zero attached hydrogens (tertiary/aromatic N) is 1. The van der Waals surface area contributed by atoms with Gasteiger partial charge in [-0.25, -0.2) is 8.42 Å². The number of hydrogen-bond acceptors (Lipinski definition) is 4. The molecule has 1 amide bonds. The van der Waals surface area contributed by atoms with Crippen molar-refractivity contribution in [3.63, 3.8) is 0 Å². The van der Waals surface area contributed by atoms with Gasteiger partial charge < -0.3 is 10.1 Å². The minimum atomic E-state index is -3.60. The third-order valence-electron chi connectivity index (χ3n) is 4.70. The van der Waals surface area contributed by atoms with E-state index in [2.05, 4.69) is 12.2 Å². The minimum absolute atomic E-state index is 0.152. The van der Waals surface area contributed by atoms with Crippen LogP contribution in [0.1, 0.15) is 30.1 Å². The van der Waals surface area contributed by atoms with Crippen LogP contribution in [0.25, 0.3) is 0 Å². The first-order chi connectivity index (χ1) is 12.9. The summed E-state index contributed by atoms with van der Waals surface area (Å²) in [6.45, 7) is 3.10. The first-order valence-corrected chi connectivity index (χ1v) is 10.4. The van der Waals surface area contributed by atoms with E-state index in [0.29, 0.717) is 36.0 Å². The van der Waals surface area contributed by atoms with Crippen molar-refractivity contribution in [1.29, 1.82) is 0 Å². The zero-order valence-electron chi connectivity index (χ0n) is 15.5. The highest BCUT2D eigenvalue weighted by molar-refractivity contribution is 7.89. The van der Waals surface area contributed by atoms with Gasteiger partial charge in [0.15, 0.2) is 0 Å². The Bertz CT molecular complexity index is 910. The lowest BCUT2D eigenvalue weighted by molar-refractivity contribution is 0.102. The molecule has 6 nitrogen and oxygen atoms in total. The SMILES string of the molecule is COc1ccc(NC(=O)c2cccc(S(=O)(=O)N3CCCC(C)C3)c2)cc1. The van der Waals surface area contributed by atoms with Crippen molar-refractivity contribution in [2.45, 2.75) is 24.7 Å². The van der Waals surface area contributed by atoms with Crippen LogP contribution in [0, 0.1) is 5.92 Å². The van der Waals surface area contributed by atoms with Gasteiger partial charge in [0.2, 0.25) is 10.0 Å². The van der Waals surface area contributed by atoms with Crippen LogP contribution >= 0.6 is 0 Å². The molecule has 0 saturated carbocycles. The molecule has 7 heteroatoms. The molecule has 144 valence electrons. The molecule has 27 heavy (non-hydrogen) atoms. The number of methoxy groups -OCH3 is 1. The number of piperidine rings is 1. The maximum atomic E-state index is 12.9. The number of rotatable bonds is 5. The summed E-state index contributed by atoms with van der Waals surface area (Å²) in [5.74, 6) is 0.677. The fourth-order valence-electron chi connectivity index (χ4n) is 3.19. The zero-order chi connectivity index (χ0) is 19.4. The van der Waals surface area contributed by atoms with Gasteiger partial charge in [0.05, 0.1) is 12.0 Å². The van der Waals surface area contributed by atoms with Crippen LogP contribution in [-0.2, 0) is 10.0 Å². The number of anilines is 1. The number of benzene rings is 2. The summed E-state index contributed by atoms with van der Waals surface area (Å²) in [4.78, 5) is 12.7. The van der Waals surface area contributed by atoms with E-state index in [0.717, 1.165) is 12.8 Å². The normalized spacial score (nSPS) is 18.1. The molecule has 1 atom stereocenters. The van der Waals surface area contributed by atoms with Gasteiger partial charge in [-0.05, 0) is 61.2 Å². The second-order valence-electron chi connectivity index (χ2n) is 6.82. The molecule has 0 radical (unpaired) electrons. The molecule has 1 heterocycles. The number of carbonyl (C=O) groups excluding carboxylic acids is 1. The second kappa shape index (κ2) is 8.10. The number of carbonyl (C=O) groups is 1. The summed E-state index contributed by atoms with van der Waals surface area (Å²) in [7, 11) is -2.02. The van der Waals surface area contributed by atoms with Gasteiger partial charge in [0.1, 0.15) is 5.75 Å². The van der Waals surface area contributed by atoms with Crippen molar-refractivity contribution in [3.8, 4) is 5.75 Å². The predicted octanol–water partition coefficient (Wildman–Crippen LogP) is 3.37. The molecule has 0 spiro atoms. The third-order valence-corrected chi connectivity index (χ3v) is 6.56. The molecule has 0 aromatic heterocycles. The average Bonchev–Trinajstić information content (AvgIpc) is 2.68. The van der Waals surface area contributed by atoms with Crippen LogP contribution < -0.4 is 10.1 Å². The second-order valence-corrected chi connectivity index (χ2v) is 8.76. The van der Waals surface area contributed by atoms with Crippen LogP contribution in [0.2, 0.25) is 0 Å². The van der Waals surface area contributed by atoms with Crippen molar-refractivity contribution in [2.24, 2.45) is 5.92 Å². The lowest BCUT2D eigenvalue weighted by Gasteiger charge is -2.30. The Morgan fingerprint density at radius 3 is 2.59 bits per heavy atom. The summed E-state index contributed by atoms with van der Waals surface area (Å²) >= 11 is 0. The fraction of sp³-hybridized carbons (Fsp3) is 0.350. The molecular weight excluding hydrogens is 364 g/mol. The molecule has 0 aliphatic carbocycles. The van der Waals surface area contributed by atoms with Crippen LogP contribution in [0.5, 0.6) is 5.75 Å². The number of amides is 1. The number of sulfonamides is 1. The topological polar surface area (TPSA) is 75.7 Å². The molecule has 1 saturated heterocycles. The van der Waals surface area contributed by atoms with Gasteiger partial charge in [-0.15, -0.1) is 0 Å². The smallest absolute Gasteiger partial charge is 0.255 e. The summed E-state index contributed by atoms with van der Waals surface area (Å²) in [6.07, 6.45) is 1.90. The summed E-state index contributed by atoms with van der Waals surface area (Å²) in [5.41, 5.74) is 0.913. The third kappa shape index (κ3) is 4.48. The van der Waals surface area contributed by atoms with Crippen molar-refractivity contribution in [3.05, 3.63) is 54.1 Å². The fourth-order valence-corrected chi connectivity index (χ4v) is 4.83. The Labute approximate surface area is 160 Å². The van der Waals surface area contributed by atoms with Gasteiger partial charge in [-0.3, -0.25) is 4.79 Å². The van der Waals surface area contributed by atoms with Crippen molar-refractivity contribution < 1.29 is 17.9 Å². The quantitative estimate of drug-likeness (QED) is 0.852. The Kier molecular flexibility index (Phi) is 5.82. The van der Waals surface area contributed by atoms with E-state index in [1.54, 1.807) is 49.6 Å². The molecule has 3 rings (SSSR count). The monoisotopic (exact) mass is 388 g/mol. The standard InChI is InChI=1S/C20H24N2O4S/c1-15-5-4-12-22(14-15)27(24,25)19-7-3-6-16(13-19)20(23)21-17-8-10-18(26-2)11-9-17/h3,6-11,13,15H,4-5,12,14H2,1-2H3,(H,21,23). The number of ether oxygens (including phenoxy) is 1. The lowest BCUT2D eigenvalue weighted by atomic mass is 10.0. The Morgan fingerprint density at radius 2 is 1.93 bits per heavy atom. The van der Waals surface area contributed by atoms with Gasteiger partial charge in [0, 0.05) is 24.3 Å². The predicted molar refractivity (Wildman–Crippen MR) is 105 cm³/mol. The number of nitrogens with one attached hydrogen (secondary N) is 1. The van der Waals surface area contributed by atoms with Crippen LogP contribution in [0.3, 0.4) is 0 Å². The van der Waals surface area contributed by atoms with Gasteiger partial charge >= 0.3 is 0 Å². The summed E-state index contributed by atoms with van der Waals surface area (Å²) in [6, 6.07) is 13.1.